The van der Waals surface area contributed by atoms with Gasteiger partial charge in [-0.05, 0) is 49.4 Å². The minimum Gasteiger partial charge on any atom is -0.462 e. The number of phosphoric acid groups is 2. The van der Waals surface area contributed by atoms with Gasteiger partial charge in [0.2, 0.25) is 0 Å². The molecule has 3 N–H and O–H groups in total. The van der Waals surface area contributed by atoms with Crippen LogP contribution in [0.15, 0.2) is 0 Å². The molecule has 0 aromatic rings. The summed E-state index contributed by atoms with van der Waals surface area (Å²) in [6.07, 6.45) is 55.4. The average molecular weight is 1450 g/mol. The Labute approximate surface area is 607 Å². The van der Waals surface area contributed by atoms with Crippen molar-refractivity contribution in [2.45, 2.75) is 427 Å². The van der Waals surface area contributed by atoms with Crippen molar-refractivity contribution in [3.63, 3.8) is 0 Å². The second-order valence-electron chi connectivity index (χ2n) is 30.5. The van der Waals surface area contributed by atoms with Crippen LogP contribution in [0, 0.1) is 23.7 Å². The number of esters is 4. The van der Waals surface area contributed by atoms with Crippen LogP contribution in [0.5, 0.6) is 0 Å². The highest BCUT2D eigenvalue weighted by Gasteiger charge is 2.30. The maximum atomic E-state index is 13.1. The van der Waals surface area contributed by atoms with E-state index in [0.29, 0.717) is 25.7 Å². The molecule has 19 heteroatoms. The smallest absolute Gasteiger partial charge is 0.462 e. The quantitative estimate of drug-likeness (QED) is 0.0222. The van der Waals surface area contributed by atoms with Crippen LogP contribution < -0.4 is 0 Å². The molecule has 0 rings (SSSR count). The van der Waals surface area contributed by atoms with Gasteiger partial charge in [0.1, 0.15) is 19.3 Å². The predicted molar refractivity (Wildman–Crippen MR) is 404 cm³/mol. The van der Waals surface area contributed by atoms with E-state index < -0.39 is 97.5 Å². The Hall–Kier alpha value is -1.94. The number of phosphoric ester groups is 2. The van der Waals surface area contributed by atoms with Crippen LogP contribution in [0.25, 0.3) is 0 Å². The first-order valence-electron chi connectivity index (χ1n) is 41.2. The third kappa shape index (κ3) is 72.8. The molecule has 588 valence electrons. The summed E-state index contributed by atoms with van der Waals surface area (Å²) in [5.74, 6) is 1.01. The van der Waals surface area contributed by atoms with Crippen LogP contribution in [0.3, 0.4) is 0 Å². The molecule has 99 heavy (non-hydrogen) atoms. The van der Waals surface area contributed by atoms with Gasteiger partial charge in [0.25, 0.3) is 0 Å². The summed E-state index contributed by atoms with van der Waals surface area (Å²) in [4.78, 5) is 73.0. The van der Waals surface area contributed by atoms with Gasteiger partial charge in [-0.2, -0.15) is 0 Å². The molecule has 0 aliphatic heterocycles. The van der Waals surface area contributed by atoms with Gasteiger partial charge in [-0.15, -0.1) is 0 Å². The molecular weight excluding hydrogens is 1290 g/mol. The second kappa shape index (κ2) is 69.1. The Morgan fingerprint density at radius 1 is 0.283 bits per heavy atom. The lowest BCUT2D eigenvalue weighted by Gasteiger charge is -2.21. The average Bonchev–Trinajstić information content (AvgIpc) is 1.04. The number of carbonyl (C=O) groups is 4. The SMILES string of the molecule is CCC(C)CCCCCCCCCCCCC(=O)OC[C@H](COP(=O)(O)OC[C@@H](O)COP(=O)(O)OC[C@@H](COC(=O)CCCCCCCCCCCCC(C)C)OC(=O)CCCCCCCCCCCCC(C)C)OC(=O)CCCCCCCCCCCCCCCCCCC(C)C. The van der Waals surface area contributed by atoms with Crippen molar-refractivity contribution < 1.29 is 80.2 Å². The molecule has 6 atom stereocenters. The Kier molecular flexibility index (Phi) is 67.8. The van der Waals surface area contributed by atoms with Gasteiger partial charge >= 0.3 is 39.5 Å². The van der Waals surface area contributed by atoms with E-state index in [0.717, 1.165) is 114 Å². The van der Waals surface area contributed by atoms with Gasteiger partial charge in [-0.3, -0.25) is 37.3 Å². The third-order valence-electron chi connectivity index (χ3n) is 18.9. The number of aliphatic hydroxyl groups excluding tert-OH is 1. The number of aliphatic hydroxyl groups is 1. The first-order chi connectivity index (χ1) is 47.6. The van der Waals surface area contributed by atoms with Gasteiger partial charge in [0.15, 0.2) is 12.2 Å². The van der Waals surface area contributed by atoms with Gasteiger partial charge in [-0.1, -0.05) is 357 Å². The van der Waals surface area contributed by atoms with E-state index in [4.69, 9.17) is 37.0 Å². The number of ether oxygens (including phenoxy) is 4. The Morgan fingerprint density at radius 2 is 0.485 bits per heavy atom. The Morgan fingerprint density at radius 3 is 0.717 bits per heavy atom. The monoisotopic (exact) mass is 1450 g/mol. The zero-order valence-corrected chi connectivity index (χ0v) is 66.9. The third-order valence-corrected chi connectivity index (χ3v) is 20.8. The lowest BCUT2D eigenvalue weighted by molar-refractivity contribution is -0.161. The lowest BCUT2D eigenvalue weighted by atomic mass is 9.99. The summed E-state index contributed by atoms with van der Waals surface area (Å²) in [5.41, 5.74) is 0. The molecule has 0 aliphatic carbocycles. The fourth-order valence-corrected chi connectivity index (χ4v) is 13.8. The van der Waals surface area contributed by atoms with Crippen molar-refractivity contribution in [2.75, 3.05) is 39.6 Å². The molecule has 3 unspecified atom stereocenters. The molecule has 0 aromatic carbocycles. The molecule has 0 spiro atoms. The Balaban J connectivity index is 5.26. The van der Waals surface area contributed by atoms with E-state index in [9.17, 15) is 43.2 Å². The molecule has 0 amide bonds. The van der Waals surface area contributed by atoms with Crippen molar-refractivity contribution in [1.29, 1.82) is 0 Å². The minimum atomic E-state index is -4.96. The fourth-order valence-electron chi connectivity index (χ4n) is 12.2. The molecule has 0 aromatic heterocycles. The van der Waals surface area contributed by atoms with E-state index in [-0.39, 0.29) is 25.7 Å². The molecule has 0 saturated carbocycles. The summed E-state index contributed by atoms with van der Waals surface area (Å²) in [6, 6.07) is 0. The minimum absolute atomic E-state index is 0.105. The highest BCUT2D eigenvalue weighted by atomic mass is 31.2. The summed E-state index contributed by atoms with van der Waals surface area (Å²) in [7, 11) is -9.92. The number of hydrogen-bond donors (Lipinski definition) is 3. The van der Waals surface area contributed by atoms with Crippen molar-refractivity contribution >= 4 is 39.5 Å². The fraction of sp³-hybridized carbons (Fsp3) is 0.950. The predicted octanol–water partition coefficient (Wildman–Crippen LogP) is 23.6. The first-order valence-corrected chi connectivity index (χ1v) is 44.2. The normalized spacial score (nSPS) is 14.3. The van der Waals surface area contributed by atoms with E-state index in [1.807, 2.05) is 0 Å². The highest BCUT2D eigenvalue weighted by molar-refractivity contribution is 7.47. The van der Waals surface area contributed by atoms with Crippen LogP contribution in [0.4, 0.5) is 0 Å². The van der Waals surface area contributed by atoms with Gasteiger partial charge in [-0.25, -0.2) is 9.13 Å². The van der Waals surface area contributed by atoms with Crippen LogP contribution >= 0.6 is 15.6 Å². The van der Waals surface area contributed by atoms with Crippen molar-refractivity contribution in [1.82, 2.24) is 0 Å². The molecule has 0 bridgehead atoms. The van der Waals surface area contributed by atoms with Crippen molar-refractivity contribution in [3.05, 3.63) is 0 Å². The van der Waals surface area contributed by atoms with Gasteiger partial charge < -0.3 is 33.8 Å². The molecule has 0 saturated heterocycles. The van der Waals surface area contributed by atoms with Crippen LogP contribution in [-0.2, 0) is 65.4 Å². The van der Waals surface area contributed by atoms with Crippen LogP contribution in [0.1, 0.15) is 409 Å². The molecule has 0 fully saturated rings. The number of rotatable bonds is 77. The summed E-state index contributed by atoms with van der Waals surface area (Å²) in [5, 5.41) is 10.6. The maximum absolute atomic E-state index is 13.1. The molecule has 17 nitrogen and oxygen atoms in total. The van der Waals surface area contributed by atoms with E-state index in [1.54, 1.807) is 0 Å². The number of hydrogen-bond acceptors (Lipinski definition) is 15. The summed E-state index contributed by atoms with van der Waals surface area (Å²) in [6.45, 7) is 14.3. The standard InChI is InChI=1S/C80H156O17P2/c1-9-73(8)59-51-43-35-27-20-23-29-37-45-53-61-78(83)91-66-75(96-79(84)62-54-46-38-30-17-15-13-11-10-12-14-16-24-32-40-48-56-70(2)3)68-94-98(86,87)92-64-74(81)65-93-99(88,89)95-69-76(97-80(85)63-55-47-39-31-22-19-26-34-42-50-58-72(6)7)67-90-77(82)60-52-44-36-28-21-18-25-33-41-49-57-71(4)5/h70-76,81H,9-69H2,1-8H3,(H,86,87)(H,88,89)/t73?,74-,75-,76-/m1/s1. The van der Waals surface area contributed by atoms with Gasteiger partial charge in [0, 0.05) is 25.7 Å². The van der Waals surface area contributed by atoms with E-state index in [1.165, 1.54) is 212 Å². The molecule has 0 radical (unpaired) electrons. The largest absolute Gasteiger partial charge is 0.472 e. The molecular formula is C80H156O17P2. The zero-order chi connectivity index (χ0) is 73.1. The molecule has 0 heterocycles. The van der Waals surface area contributed by atoms with Crippen LogP contribution in [-0.4, -0.2) is 96.7 Å². The maximum Gasteiger partial charge on any atom is 0.472 e. The van der Waals surface area contributed by atoms with Gasteiger partial charge in [0.05, 0.1) is 26.4 Å². The highest BCUT2D eigenvalue weighted by Crippen LogP contribution is 2.45. The van der Waals surface area contributed by atoms with E-state index >= 15 is 0 Å². The zero-order valence-electron chi connectivity index (χ0n) is 65.1. The topological polar surface area (TPSA) is 237 Å². The Bertz CT molecular complexity index is 1940. The molecule has 0 aliphatic rings. The second-order valence-corrected chi connectivity index (χ2v) is 33.4. The first kappa shape index (κ1) is 97.1. The lowest BCUT2D eigenvalue weighted by Crippen LogP contribution is -2.30. The number of carbonyl (C=O) groups excluding carboxylic acids is 4. The summed E-state index contributed by atoms with van der Waals surface area (Å²) < 4.78 is 68.7. The number of unbranched alkanes of at least 4 members (excludes halogenated alkanes) is 42. The van der Waals surface area contributed by atoms with E-state index in [2.05, 4.69) is 55.4 Å². The van der Waals surface area contributed by atoms with Crippen LogP contribution in [0.2, 0.25) is 0 Å². The van der Waals surface area contributed by atoms with Crippen molar-refractivity contribution in [2.24, 2.45) is 23.7 Å². The summed E-state index contributed by atoms with van der Waals surface area (Å²) >= 11 is 0. The van der Waals surface area contributed by atoms with Crippen molar-refractivity contribution in [3.8, 4) is 0 Å².